The third-order valence-electron chi connectivity index (χ3n) is 6.61. The van der Waals surface area contributed by atoms with Crippen LogP contribution in [0.25, 0.3) is 0 Å². The molecule has 3 rings (SSSR count). The molecular formula is C23H36N6O5S. The molecule has 1 aromatic rings. The van der Waals surface area contributed by atoms with Crippen molar-refractivity contribution in [3.63, 3.8) is 0 Å². The minimum atomic E-state index is -4.07. The fraction of sp³-hybridized carbons (Fsp3) is 0.609. The number of carboxylic acid groups (broad SMARTS) is 1. The van der Waals surface area contributed by atoms with Crippen LogP contribution < -0.4 is 21.2 Å². The predicted molar refractivity (Wildman–Crippen MR) is 133 cm³/mol. The molecule has 194 valence electrons. The lowest BCUT2D eigenvalue weighted by Crippen LogP contribution is -2.56. The highest BCUT2D eigenvalue weighted by molar-refractivity contribution is 7.89. The molecule has 1 amide bonds. The van der Waals surface area contributed by atoms with Gasteiger partial charge in [0.05, 0.1) is 5.69 Å². The van der Waals surface area contributed by atoms with Crippen molar-refractivity contribution in [1.82, 2.24) is 14.9 Å². The maximum absolute atomic E-state index is 13.5. The van der Waals surface area contributed by atoms with Crippen LogP contribution in [0, 0.1) is 11.8 Å². The van der Waals surface area contributed by atoms with Crippen molar-refractivity contribution in [2.24, 2.45) is 22.8 Å². The van der Waals surface area contributed by atoms with E-state index in [0.717, 1.165) is 12.0 Å². The number of likely N-dealkylation sites (tertiary alicyclic amines) is 1. The van der Waals surface area contributed by atoms with E-state index >= 15 is 0 Å². The standard InChI is InChI=1S/C23H36N6O5S/c1-15-8-10-29(19(12-15)23(31)32)22(30)18(6-4-9-25-14-27-24)28-35(33,34)20-7-3-5-17-11-16(2)13-26-21(17)20/h3,5,7,14-16,18-19,26,28H,4,6,8-13,24H2,1-2H3,(H,25,27)(H,31,32)/t15-,16?,18+,19-/m1/s1. The van der Waals surface area contributed by atoms with Crippen molar-refractivity contribution in [3.8, 4) is 0 Å². The minimum Gasteiger partial charge on any atom is -0.480 e. The molecule has 1 aromatic carbocycles. The van der Waals surface area contributed by atoms with E-state index in [1.54, 1.807) is 6.07 Å². The Morgan fingerprint density at radius 1 is 1.34 bits per heavy atom. The number of hydrogen-bond acceptors (Lipinski definition) is 7. The number of fused-ring (bicyclic) bond motifs is 1. The summed E-state index contributed by atoms with van der Waals surface area (Å²) in [7, 11) is -4.07. The van der Waals surface area contributed by atoms with Crippen LogP contribution in [-0.2, 0) is 26.0 Å². The maximum atomic E-state index is 13.5. The van der Waals surface area contributed by atoms with Crippen molar-refractivity contribution < 1.29 is 23.1 Å². The molecule has 0 saturated carbocycles. The second-order valence-electron chi connectivity index (χ2n) is 9.54. The van der Waals surface area contributed by atoms with E-state index in [0.29, 0.717) is 44.0 Å². The summed E-state index contributed by atoms with van der Waals surface area (Å²) in [5.74, 6) is 4.02. The summed E-state index contributed by atoms with van der Waals surface area (Å²) in [5.41, 5.74) is 1.47. The quantitative estimate of drug-likeness (QED) is 0.102. The highest BCUT2D eigenvalue weighted by Crippen LogP contribution is 2.31. The number of carbonyl (C=O) groups excluding carboxylic acids is 1. The summed E-state index contributed by atoms with van der Waals surface area (Å²) in [6.07, 6.45) is 3.70. The lowest BCUT2D eigenvalue weighted by Gasteiger charge is -2.38. The van der Waals surface area contributed by atoms with Crippen LogP contribution in [0.2, 0.25) is 0 Å². The highest BCUT2D eigenvalue weighted by Gasteiger charge is 2.39. The number of sulfonamides is 1. The Hall–Kier alpha value is -2.86. The zero-order valence-electron chi connectivity index (χ0n) is 20.2. The number of hydrogen-bond donors (Lipinski definition) is 5. The number of nitrogens with one attached hydrogen (secondary N) is 3. The van der Waals surface area contributed by atoms with E-state index in [2.05, 4.69) is 27.4 Å². The molecule has 0 bridgehead atoms. The van der Waals surface area contributed by atoms with Crippen molar-refractivity contribution >= 4 is 33.9 Å². The van der Waals surface area contributed by atoms with Gasteiger partial charge < -0.3 is 26.5 Å². The summed E-state index contributed by atoms with van der Waals surface area (Å²) in [6, 6.07) is 3.04. The fourth-order valence-electron chi connectivity index (χ4n) is 4.74. The first-order valence-corrected chi connectivity index (χ1v) is 13.5. The Balaban J connectivity index is 1.86. The Morgan fingerprint density at radius 2 is 2.11 bits per heavy atom. The van der Waals surface area contributed by atoms with E-state index in [-0.39, 0.29) is 23.8 Å². The number of hydrazone groups is 1. The monoisotopic (exact) mass is 508 g/mol. The SMILES string of the molecule is CC1CNc2c(cccc2S(=O)(=O)N[C@@H](CCCNC=NN)C(=O)N2CC[C@@H](C)C[C@@H]2C(=O)O)C1. The largest absolute Gasteiger partial charge is 0.480 e. The lowest BCUT2D eigenvalue weighted by molar-refractivity contribution is -0.153. The van der Waals surface area contributed by atoms with E-state index < -0.39 is 34.0 Å². The molecule has 35 heavy (non-hydrogen) atoms. The molecule has 12 heteroatoms. The van der Waals surface area contributed by atoms with Gasteiger partial charge in [0.1, 0.15) is 23.3 Å². The summed E-state index contributed by atoms with van der Waals surface area (Å²) < 4.78 is 29.6. The van der Waals surface area contributed by atoms with Gasteiger partial charge in [0.15, 0.2) is 0 Å². The smallest absolute Gasteiger partial charge is 0.326 e. The number of para-hydroxylation sites is 1. The highest BCUT2D eigenvalue weighted by atomic mass is 32.2. The van der Waals surface area contributed by atoms with Crippen molar-refractivity contribution in [1.29, 1.82) is 0 Å². The third-order valence-corrected chi connectivity index (χ3v) is 8.12. The number of amides is 1. The molecule has 1 unspecified atom stereocenters. The van der Waals surface area contributed by atoms with Gasteiger partial charge >= 0.3 is 5.97 Å². The molecule has 2 heterocycles. The normalized spacial score (nSPS) is 23.4. The van der Waals surface area contributed by atoms with Gasteiger partial charge in [0.2, 0.25) is 15.9 Å². The second kappa shape index (κ2) is 11.7. The van der Waals surface area contributed by atoms with Gasteiger partial charge in [-0.05, 0) is 55.6 Å². The van der Waals surface area contributed by atoms with E-state index in [9.17, 15) is 23.1 Å². The van der Waals surface area contributed by atoms with Gasteiger partial charge in [-0.15, -0.1) is 0 Å². The first-order chi connectivity index (χ1) is 16.6. The molecule has 1 saturated heterocycles. The van der Waals surface area contributed by atoms with Gasteiger partial charge in [0.25, 0.3) is 0 Å². The Kier molecular flexibility index (Phi) is 8.95. The van der Waals surface area contributed by atoms with Gasteiger partial charge in [-0.2, -0.15) is 9.82 Å². The average molecular weight is 509 g/mol. The fourth-order valence-corrected chi connectivity index (χ4v) is 6.19. The first-order valence-electron chi connectivity index (χ1n) is 12.0. The lowest BCUT2D eigenvalue weighted by atomic mass is 9.91. The molecule has 6 N–H and O–H groups in total. The maximum Gasteiger partial charge on any atom is 0.326 e. The van der Waals surface area contributed by atoms with Crippen molar-refractivity contribution in [2.75, 3.05) is 25.0 Å². The van der Waals surface area contributed by atoms with Crippen LogP contribution >= 0.6 is 0 Å². The third kappa shape index (κ3) is 6.63. The van der Waals surface area contributed by atoms with Crippen molar-refractivity contribution in [2.45, 2.75) is 62.9 Å². The molecule has 11 nitrogen and oxygen atoms in total. The molecule has 0 radical (unpaired) electrons. The number of rotatable bonds is 10. The Bertz CT molecular complexity index is 1050. The average Bonchev–Trinajstić information content (AvgIpc) is 2.82. The molecule has 0 aliphatic carbocycles. The topological polar surface area (TPSA) is 166 Å². The summed E-state index contributed by atoms with van der Waals surface area (Å²) >= 11 is 0. The molecule has 2 aliphatic rings. The zero-order valence-corrected chi connectivity index (χ0v) is 21.1. The number of nitrogens with zero attached hydrogens (tertiary/aromatic N) is 2. The number of anilines is 1. The summed E-state index contributed by atoms with van der Waals surface area (Å²) in [5, 5.41) is 19.1. The Labute approximate surface area is 206 Å². The summed E-state index contributed by atoms with van der Waals surface area (Å²) in [6.45, 7) is 5.39. The molecule has 0 spiro atoms. The van der Waals surface area contributed by atoms with Crippen molar-refractivity contribution in [3.05, 3.63) is 23.8 Å². The second-order valence-corrected chi connectivity index (χ2v) is 11.2. The molecule has 1 fully saturated rings. The number of piperidine rings is 1. The van der Waals surface area contributed by atoms with Crippen LogP contribution in [0.5, 0.6) is 0 Å². The van der Waals surface area contributed by atoms with Crippen LogP contribution in [0.3, 0.4) is 0 Å². The molecular weight excluding hydrogens is 472 g/mol. The van der Waals surface area contributed by atoms with E-state index in [1.807, 2.05) is 13.0 Å². The predicted octanol–water partition coefficient (Wildman–Crippen LogP) is 0.921. The van der Waals surface area contributed by atoms with Gasteiger partial charge in [0, 0.05) is 19.6 Å². The minimum absolute atomic E-state index is 0.0927. The van der Waals surface area contributed by atoms with Crippen LogP contribution in [-0.4, -0.2) is 68.4 Å². The number of carboxylic acids is 1. The Morgan fingerprint density at radius 3 is 2.83 bits per heavy atom. The van der Waals surface area contributed by atoms with E-state index in [4.69, 9.17) is 5.84 Å². The molecule has 4 atom stereocenters. The molecule has 0 aromatic heterocycles. The molecule has 2 aliphatic heterocycles. The van der Waals surface area contributed by atoms with Gasteiger partial charge in [-0.1, -0.05) is 26.0 Å². The van der Waals surface area contributed by atoms with Crippen LogP contribution in [0.1, 0.15) is 45.1 Å². The number of carbonyl (C=O) groups is 2. The number of aliphatic carboxylic acids is 1. The van der Waals surface area contributed by atoms with Crippen LogP contribution in [0.4, 0.5) is 5.69 Å². The van der Waals surface area contributed by atoms with Crippen LogP contribution in [0.15, 0.2) is 28.2 Å². The number of benzene rings is 1. The van der Waals surface area contributed by atoms with E-state index in [1.165, 1.54) is 17.3 Å². The van der Waals surface area contributed by atoms with Gasteiger partial charge in [-0.3, -0.25) is 4.79 Å². The zero-order chi connectivity index (χ0) is 25.6. The summed E-state index contributed by atoms with van der Waals surface area (Å²) in [4.78, 5) is 26.8. The first kappa shape index (κ1) is 26.7. The number of nitrogens with two attached hydrogens (primary N) is 1. The van der Waals surface area contributed by atoms with Gasteiger partial charge in [-0.25, -0.2) is 13.2 Å².